The van der Waals surface area contributed by atoms with E-state index in [0.717, 1.165) is 11.1 Å². The summed E-state index contributed by atoms with van der Waals surface area (Å²) in [7, 11) is 3.32. The molecule has 0 aliphatic heterocycles. The normalized spacial score (nSPS) is 11.4. The van der Waals surface area contributed by atoms with Crippen molar-refractivity contribution in [3.8, 4) is 5.75 Å². The third kappa shape index (κ3) is 6.18. The lowest BCUT2D eigenvalue weighted by atomic mass is 10.1. The number of halogens is 1. The van der Waals surface area contributed by atoms with Gasteiger partial charge in [-0.05, 0) is 49.2 Å². The smallest absolute Gasteiger partial charge is 0.319 e. The summed E-state index contributed by atoms with van der Waals surface area (Å²) in [6.07, 6.45) is 0. The van der Waals surface area contributed by atoms with E-state index >= 15 is 0 Å². The second-order valence-electron chi connectivity index (χ2n) is 6.45. The average Bonchev–Trinajstić information content (AvgIpc) is 2.61. The summed E-state index contributed by atoms with van der Waals surface area (Å²) < 4.78 is 5.60. The first-order valence-corrected chi connectivity index (χ1v) is 8.90. The lowest BCUT2D eigenvalue weighted by Crippen LogP contribution is -2.31. The Bertz CT molecular complexity index is 807. The van der Waals surface area contributed by atoms with Crippen LogP contribution in [-0.4, -0.2) is 37.5 Å². The highest BCUT2D eigenvalue weighted by atomic mass is 35.5. The molecule has 3 amide bonds. The SMILES string of the molecule is Cc1ccc(NC(=O)NC(C)c2ccc(Cl)cc2)c(OCC(=O)N(C)C)c1. The molecule has 144 valence electrons. The first kappa shape index (κ1) is 20.6. The van der Waals surface area contributed by atoms with E-state index in [9.17, 15) is 9.59 Å². The van der Waals surface area contributed by atoms with Gasteiger partial charge in [0, 0.05) is 19.1 Å². The second-order valence-corrected chi connectivity index (χ2v) is 6.88. The van der Waals surface area contributed by atoms with Gasteiger partial charge in [-0.25, -0.2) is 4.79 Å². The molecule has 0 aliphatic carbocycles. The van der Waals surface area contributed by atoms with Crippen molar-refractivity contribution in [2.75, 3.05) is 26.0 Å². The first-order valence-electron chi connectivity index (χ1n) is 8.53. The van der Waals surface area contributed by atoms with Crippen LogP contribution >= 0.6 is 11.6 Å². The van der Waals surface area contributed by atoms with E-state index in [1.165, 1.54) is 4.90 Å². The zero-order valence-electron chi connectivity index (χ0n) is 15.9. The molecule has 0 fully saturated rings. The van der Waals surface area contributed by atoms with Gasteiger partial charge in [-0.15, -0.1) is 0 Å². The molecule has 0 spiro atoms. The fourth-order valence-corrected chi connectivity index (χ4v) is 2.44. The average molecular weight is 390 g/mol. The summed E-state index contributed by atoms with van der Waals surface area (Å²) >= 11 is 5.89. The van der Waals surface area contributed by atoms with Gasteiger partial charge in [-0.1, -0.05) is 29.8 Å². The van der Waals surface area contributed by atoms with E-state index in [0.29, 0.717) is 16.5 Å². The van der Waals surface area contributed by atoms with Crippen LogP contribution in [-0.2, 0) is 4.79 Å². The molecular weight excluding hydrogens is 366 g/mol. The summed E-state index contributed by atoms with van der Waals surface area (Å²) in [5.74, 6) is 0.280. The minimum atomic E-state index is -0.370. The topological polar surface area (TPSA) is 70.7 Å². The van der Waals surface area contributed by atoms with Gasteiger partial charge in [-0.2, -0.15) is 0 Å². The Hall–Kier alpha value is -2.73. The Morgan fingerprint density at radius 3 is 2.44 bits per heavy atom. The van der Waals surface area contributed by atoms with E-state index in [1.807, 2.05) is 32.0 Å². The maximum absolute atomic E-state index is 12.4. The van der Waals surface area contributed by atoms with Gasteiger partial charge in [0.25, 0.3) is 5.91 Å². The number of benzene rings is 2. The molecule has 2 aromatic rings. The number of carbonyl (C=O) groups is 2. The quantitative estimate of drug-likeness (QED) is 0.784. The van der Waals surface area contributed by atoms with Crippen LogP contribution in [0.15, 0.2) is 42.5 Å². The van der Waals surface area contributed by atoms with Crippen molar-refractivity contribution in [3.63, 3.8) is 0 Å². The van der Waals surface area contributed by atoms with Crippen LogP contribution in [0.4, 0.5) is 10.5 Å². The summed E-state index contributed by atoms with van der Waals surface area (Å²) in [4.78, 5) is 25.6. The van der Waals surface area contributed by atoms with Crippen molar-refractivity contribution in [2.24, 2.45) is 0 Å². The number of aryl methyl sites for hydroxylation is 1. The van der Waals surface area contributed by atoms with Crippen LogP contribution in [0.25, 0.3) is 0 Å². The predicted molar refractivity (Wildman–Crippen MR) is 107 cm³/mol. The number of hydrogen-bond acceptors (Lipinski definition) is 3. The van der Waals surface area contributed by atoms with Crippen molar-refractivity contribution in [2.45, 2.75) is 19.9 Å². The largest absolute Gasteiger partial charge is 0.482 e. The van der Waals surface area contributed by atoms with Crippen LogP contribution in [0.2, 0.25) is 5.02 Å². The number of likely N-dealkylation sites (N-methyl/N-ethyl adjacent to an activating group) is 1. The lowest BCUT2D eigenvalue weighted by molar-refractivity contribution is -0.130. The molecule has 27 heavy (non-hydrogen) atoms. The highest BCUT2D eigenvalue weighted by molar-refractivity contribution is 6.30. The molecule has 0 aliphatic rings. The Kier molecular flexibility index (Phi) is 7.07. The molecule has 0 saturated heterocycles. The van der Waals surface area contributed by atoms with E-state index in [4.69, 9.17) is 16.3 Å². The van der Waals surface area contributed by atoms with Crippen LogP contribution in [0.1, 0.15) is 24.1 Å². The Labute approximate surface area is 164 Å². The number of urea groups is 1. The van der Waals surface area contributed by atoms with Gasteiger partial charge in [0.1, 0.15) is 5.75 Å². The van der Waals surface area contributed by atoms with Crippen molar-refractivity contribution < 1.29 is 14.3 Å². The highest BCUT2D eigenvalue weighted by Gasteiger charge is 2.13. The van der Waals surface area contributed by atoms with E-state index in [1.54, 1.807) is 38.4 Å². The molecule has 0 radical (unpaired) electrons. The predicted octanol–water partition coefficient (Wildman–Crippen LogP) is 4.00. The van der Waals surface area contributed by atoms with E-state index in [-0.39, 0.29) is 24.6 Å². The molecule has 0 saturated carbocycles. The lowest BCUT2D eigenvalue weighted by Gasteiger charge is -2.18. The molecule has 0 bridgehead atoms. The second kappa shape index (κ2) is 9.28. The van der Waals surface area contributed by atoms with Crippen molar-refractivity contribution in [1.29, 1.82) is 0 Å². The number of amides is 3. The molecule has 2 rings (SSSR count). The fraction of sp³-hybridized carbons (Fsp3) is 0.300. The Morgan fingerprint density at radius 1 is 1.15 bits per heavy atom. The van der Waals surface area contributed by atoms with Crippen LogP contribution in [0.3, 0.4) is 0 Å². The van der Waals surface area contributed by atoms with Crippen LogP contribution in [0, 0.1) is 6.92 Å². The number of carbonyl (C=O) groups excluding carboxylic acids is 2. The molecule has 1 unspecified atom stereocenters. The molecule has 2 N–H and O–H groups in total. The van der Waals surface area contributed by atoms with E-state index in [2.05, 4.69) is 10.6 Å². The Balaban J connectivity index is 2.03. The van der Waals surface area contributed by atoms with Crippen LogP contribution < -0.4 is 15.4 Å². The molecule has 7 heteroatoms. The number of hydrogen-bond donors (Lipinski definition) is 2. The number of nitrogens with one attached hydrogen (secondary N) is 2. The van der Waals surface area contributed by atoms with Gasteiger partial charge < -0.3 is 20.3 Å². The molecule has 6 nitrogen and oxygen atoms in total. The van der Waals surface area contributed by atoms with Crippen molar-refractivity contribution >= 4 is 29.2 Å². The van der Waals surface area contributed by atoms with Crippen molar-refractivity contribution in [3.05, 3.63) is 58.6 Å². The summed E-state index contributed by atoms with van der Waals surface area (Å²) in [5.41, 5.74) is 2.39. The van der Waals surface area contributed by atoms with Crippen LogP contribution in [0.5, 0.6) is 5.75 Å². The monoisotopic (exact) mass is 389 g/mol. The minimum absolute atomic E-state index is 0.103. The van der Waals surface area contributed by atoms with E-state index < -0.39 is 0 Å². The van der Waals surface area contributed by atoms with Gasteiger partial charge in [0.15, 0.2) is 6.61 Å². The zero-order valence-corrected chi connectivity index (χ0v) is 16.6. The van der Waals surface area contributed by atoms with Gasteiger partial charge in [0.05, 0.1) is 11.7 Å². The molecule has 0 heterocycles. The molecule has 1 atom stereocenters. The van der Waals surface area contributed by atoms with Gasteiger partial charge >= 0.3 is 6.03 Å². The number of anilines is 1. The molecular formula is C20H24ClN3O3. The zero-order chi connectivity index (χ0) is 20.0. The Morgan fingerprint density at radius 2 is 1.81 bits per heavy atom. The minimum Gasteiger partial charge on any atom is -0.482 e. The summed E-state index contributed by atoms with van der Waals surface area (Å²) in [6.45, 7) is 3.69. The maximum atomic E-state index is 12.4. The number of nitrogens with zero attached hydrogens (tertiary/aromatic N) is 1. The number of rotatable bonds is 6. The summed E-state index contributed by atoms with van der Waals surface area (Å²) in [5, 5.41) is 6.28. The first-order chi connectivity index (χ1) is 12.8. The number of ether oxygens (including phenoxy) is 1. The molecule has 2 aromatic carbocycles. The highest BCUT2D eigenvalue weighted by Crippen LogP contribution is 2.26. The third-order valence-corrected chi connectivity index (χ3v) is 4.20. The standard InChI is InChI=1S/C20H24ClN3O3/c1-13-5-10-17(18(11-13)27-12-19(25)24(3)4)23-20(26)22-14(2)15-6-8-16(21)9-7-15/h5-11,14H,12H2,1-4H3,(H2,22,23,26). The van der Waals surface area contributed by atoms with Crippen molar-refractivity contribution in [1.82, 2.24) is 10.2 Å². The molecule has 0 aromatic heterocycles. The fourth-order valence-electron chi connectivity index (χ4n) is 2.31. The maximum Gasteiger partial charge on any atom is 0.319 e. The van der Waals surface area contributed by atoms with Gasteiger partial charge in [-0.3, -0.25) is 4.79 Å². The third-order valence-electron chi connectivity index (χ3n) is 3.95. The summed E-state index contributed by atoms with van der Waals surface area (Å²) in [6, 6.07) is 12.1. The van der Waals surface area contributed by atoms with Gasteiger partial charge in [0.2, 0.25) is 0 Å².